The standard InChI is InChI=1S/2CNS.Co.4H3N/c2*2-1-3;;;;;/h;;;4*1H3/q2*-1;;;;;. The van der Waals surface area contributed by atoms with E-state index in [9.17, 15) is 0 Å². The second kappa shape index (κ2) is 210. The van der Waals surface area contributed by atoms with Crippen LogP contribution in [0.25, 0.3) is 10.8 Å². The maximum Gasteiger partial charge on any atom is 0 e. The number of hydrogen-bond acceptors (Lipinski definition) is 6. The van der Waals surface area contributed by atoms with E-state index in [1.165, 1.54) is 10.3 Å². The van der Waals surface area contributed by atoms with Gasteiger partial charge in [0.15, 0.2) is 0 Å². The molecular formula is C2H12CoN6S2-2. The summed E-state index contributed by atoms with van der Waals surface area (Å²) in [7, 11) is 0. The fourth-order valence-electron chi connectivity index (χ4n) is 0. The molecular weight excluding hydrogens is 231 g/mol. The predicted octanol–water partition coefficient (Wildman–Crippen LogP) is 1.96. The molecule has 0 spiro atoms. The third-order valence-corrected chi connectivity index (χ3v) is 0. The van der Waals surface area contributed by atoms with Gasteiger partial charge in [-0.25, -0.2) is 0 Å². The van der Waals surface area contributed by atoms with E-state index in [-0.39, 0.29) is 41.4 Å². The minimum Gasteiger partial charge on any atom is -0.753 e. The van der Waals surface area contributed by atoms with Gasteiger partial charge in [0.2, 0.25) is 0 Å². The van der Waals surface area contributed by atoms with Crippen molar-refractivity contribution in [2.24, 2.45) is 0 Å². The van der Waals surface area contributed by atoms with Crippen molar-refractivity contribution in [3.8, 4) is 0 Å². The molecule has 0 saturated carbocycles. The van der Waals surface area contributed by atoms with E-state index in [0.717, 1.165) is 0 Å². The third-order valence-electron chi connectivity index (χ3n) is 0. The quantitative estimate of drug-likeness (QED) is 0.371. The topological polar surface area (TPSA) is 185 Å². The summed E-state index contributed by atoms with van der Waals surface area (Å²) in [5, 5.41) is 16.9. The molecule has 1 radical (unpaired) electrons. The largest absolute Gasteiger partial charge is 0.753 e. The Morgan fingerprint density at radius 2 is 0.727 bits per heavy atom. The summed E-state index contributed by atoms with van der Waals surface area (Å²) < 4.78 is 0. The SMILES string of the molecule is N.N.N.N.[Co].[N-]=C=S.[N-]=C=S. The van der Waals surface area contributed by atoms with E-state index in [0.29, 0.717) is 0 Å². The molecule has 0 saturated heterocycles. The Balaban J connectivity index is -0.00000000400. The zero-order chi connectivity index (χ0) is 5.41. The van der Waals surface area contributed by atoms with Crippen LogP contribution in [0.1, 0.15) is 0 Å². The van der Waals surface area contributed by atoms with Gasteiger partial charge < -0.3 is 35.4 Å². The van der Waals surface area contributed by atoms with E-state index in [2.05, 4.69) is 24.4 Å². The van der Waals surface area contributed by atoms with Crippen LogP contribution in [0, 0.1) is 0 Å². The molecule has 0 amide bonds. The molecule has 12 N–H and O–H groups in total. The molecule has 0 fully saturated rings. The van der Waals surface area contributed by atoms with E-state index < -0.39 is 0 Å². The summed E-state index contributed by atoms with van der Waals surface area (Å²) in [6.45, 7) is 0. The number of rotatable bonds is 0. The Labute approximate surface area is 87.1 Å². The van der Waals surface area contributed by atoms with Gasteiger partial charge in [-0.1, -0.05) is 24.4 Å². The van der Waals surface area contributed by atoms with Crippen molar-refractivity contribution in [2.45, 2.75) is 0 Å². The van der Waals surface area contributed by atoms with E-state index in [1.807, 2.05) is 0 Å². The Morgan fingerprint density at radius 1 is 0.727 bits per heavy atom. The number of nitrogens with zero attached hydrogens (tertiary/aromatic N) is 2. The summed E-state index contributed by atoms with van der Waals surface area (Å²) in [5.74, 6) is 0. The van der Waals surface area contributed by atoms with Gasteiger partial charge in [-0.3, -0.25) is 0 Å². The molecule has 0 heterocycles. The maximum absolute atomic E-state index is 7.13. The molecule has 0 aliphatic heterocycles. The second-order valence-electron chi connectivity index (χ2n) is 0.183. The molecule has 0 aliphatic rings. The number of hydrogen-bond donors (Lipinski definition) is 4. The van der Waals surface area contributed by atoms with Crippen LogP contribution in [0.3, 0.4) is 0 Å². The summed E-state index contributed by atoms with van der Waals surface area (Å²) in [6.07, 6.45) is 0. The number of thiocarbonyl (C=S) groups is 2. The van der Waals surface area contributed by atoms with Gasteiger partial charge in [-0.2, -0.15) is 10.3 Å². The Morgan fingerprint density at radius 3 is 0.727 bits per heavy atom. The van der Waals surface area contributed by atoms with E-state index >= 15 is 0 Å². The molecule has 0 unspecified atom stereocenters. The van der Waals surface area contributed by atoms with Gasteiger partial charge in [-0.05, 0) is 0 Å². The summed E-state index contributed by atoms with van der Waals surface area (Å²) in [4.78, 5) is 0. The maximum atomic E-state index is 7.13. The van der Waals surface area contributed by atoms with Crippen LogP contribution in [0.2, 0.25) is 0 Å². The molecule has 11 heavy (non-hydrogen) atoms. The Kier molecular flexibility index (Phi) is 1330. The molecule has 0 aromatic rings. The number of isothiocyanates is 2. The third kappa shape index (κ3) is 219000. The van der Waals surface area contributed by atoms with Crippen LogP contribution >= 0.6 is 24.4 Å². The van der Waals surface area contributed by atoms with Gasteiger partial charge in [0.1, 0.15) is 0 Å². The van der Waals surface area contributed by atoms with Crippen LogP contribution < -0.4 is 24.6 Å². The van der Waals surface area contributed by atoms with Crippen molar-refractivity contribution in [3.63, 3.8) is 0 Å². The van der Waals surface area contributed by atoms with Gasteiger partial charge in [0.05, 0.1) is 0 Å². The van der Waals surface area contributed by atoms with Crippen molar-refractivity contribution in [2.75, 3.05) is 0 Å². The van der Waals surface area contributed by atoms with Crippen LogP contribution in [-0.4, -0.2) is 10.3 Å². The van der Waals surface area contributed by atoms with Gasteiger partial charge in [-0.15, -0.1) is 0 Å². The first-order valence-electron chi connectivity index (χ1n) is 0.855. The first-order valence-corrected chi connectivity index (χ1v) is 1.67. The average molecular weight is 243 g/mol. The smallest absolute Gasteiger partial charge is 0 e. The van der Waals surface area contributed by atoms with Gasteiger partial charge >= 0.3 is 0 Å². The van der Waals surface area contributed by atoms with Gasteiger partial charge in [0, 0.05) is 16.8 Å². The van der Waals surface area contributed by atoms with Crippen molar-refractivity contribution in [1.29, 1.82) is 0 Å². The minimum absolute atomic E-state index is 0. The first kappa shape index (κ1) is 69.5. The molecule has 0 aromatic heterocycles. The minimum atomic E-state index is 0. The summed E-state index contributed by atoms with van der Waals surface area (Å²) >= 11 is 7.40. The van der Waals surface area contributed by atoms with Crippen molar-refractivity contribution in [3.05, 3.63) is 10.8 Å². The molecule has 6 nitrogen and oxygen atoms in total. The second-order valence-corrected chi connectivity index (χ2v) is 0.548. The summed E-state index contributed by atoms with van der Waals surface area (Å²) in [6, 6.07) is 0. The van der Waals surface area contributed by atoms with Crippen molar-refractivity contribution < 1.29 is 16.8 Å². The van der Waals surface area contributed by atoms with Gasteiger partial charge in [0.25, 0.3) is 0 Å². The van der Waals surface area contributed by atoms with Crippen molar-refractivity contribution >= 4 is 34.8 Å². The molecule has 9 heteroatoms. The van der Waals surface area contributed by atoms with E-state index in [1.54, 1.807) is 0 Å². The average Bonchev–Trinajstić information content (AvgIpc) is 1.39. The normalized spacial score (nSPS) is 1.45. The fourth-order valence-corrected chi connectivity index (χ4v) is 0. The predicted molar refractivity (Wildman–Crippen MR) is 52.0 cm³/mol. The molecule has 0 atom stereocenters. The fraction of sp³-hybridized carbons (Fsp3) is 0. The molecule has 73 valence electrons. The Hall–Kier alpha value is -0.0535. The monoisotopic (exact) mass is 243 g/mol. The zero-order valence-electron chi connectivity index (χ0n) is 5.87. The van der Waals surface area contributed by atoms with Crippen molar-refractivity contribution in [1.82, 2.24) is 24.6 Å². The zero-order valence-corrected chi connectivity index (χ0v) is 8.55. The van der Waals surface area contributed by atoms with Crippen LogP contribution in [-0.2, 0) is 16.8 Å². The van der Waals surface area contributed by atoms with E-state index in [4.69, 9.17) is 10.8 Å². The first-order chi connectivity index (χ1) is 2.83. The molecule has 0 aromatic carbocycles. The van der Waals surface area contributed by atoms with Crippen LogP contribution in [0.5, 0.6) is 0 Å². The molecule has 0 aliphatic carbocycles. The molecule has 0 bridgehead atoms. The van der Waals surface area contributed by atoms with Crippen LogP contribution in [0.4, 0.5) is 0 Å². The van der Waals surface area contributed by atoms with Crippen LogP contribution in [0.15, 0.2) is 0 Å². The summed E-state index contributed by atoms with van der Waals surface area (Å²) in [5.41, 5.74) is 0. The Bertz CT molecular complexity index is 72.6. The molecule has 0 rings (SSSR count).